The second kappa shape index (κ2) is 7.14. The summed E-state index contributed by atoms with van der Waals surface area (Å²) in [7, 11) is 0. The van der Waals surface area contributed by atoms with Gasteiger partial charge in [0.05, 0.1) is 0 Å². The van der Waals surface area contributed by atoms with E-state index in [0.29, 0.717) is 12.3 Å². The van der Waals surface area contributed by atoms with Gasteiger partial charge in [-0.05, 0) is 24.6 Å². The maximum absolute atomic E-state index is 11.7. The molecule has 0 aliphatic rings. The molecule has 3 nitrogen and oxygen atoms in total. The standard InChI is InChI=1S/C17H17NO2/c1-14(18-13-15-8-4-2-5-9-15)12-17(19)20-16-10-6-3-7-11-16/h2-12,18H,13H2,1H3. The van der Waals surface area contributed by atoms with Crippen LogP contribution in [0.25, 0.3) is 0 Å². The summed E-state index contributed by atoms with van der Waals surface area (Å²) in [6, 6.07) is 19.0. The monoisotopic (exact) mass is 267 g/mol. The molecule has 0 amide bonds. The predicted octanol–water partition coefficient (Wildman–Crippen LogP) is 3.29. The van der Waals surface area contributed by atoms with Crippen molar-refractivity contribution in [3.63, 3.8) is 0 Å². The van der Waals surface area contributed by atoms with Gasteiger partial charge in [-0.1, -0.05) is 48.5 Å². The number of rotatable bonds is 5. The minimum absolute atomic E-state index is 0.380. The van der Waals surface area contributed by atoms with Crippen molar-refractivity contribution in [1.29, 1.82) is 0 Å². The van der Waals surface area contributed by atoms with E-state index in [9.17, 15) is 4.79 Å². The molecule has 0 aliphatic carbocycles. The zero-order chi connectivity index (χ0) is 14.2. The van der Waals surface area contributed by atoms with E-state index >= 15 is 0 Å². The number of para-hydroxylation sites is 1. The van der Waals surface area contributed by atoms with E-state index in [-0.39, 0.29) is 5.97 Å². The van der Waals surface area contributed by atoms with Gasteiger partial charge in [0.25, 0.3) is 0 Å². The zero-order valence-corrected chi connectivity index (χ0v) is 11.4. The fraction of sp³-hybridized carbons (Fsp3) is 0.118. The number of benzene rings is 2. The Balaban J connectivity index is 1.85. The number of carbonyl (C=O) groups is 1. The van der Waals surface area contributed by atoms with Gasteiger partial charge in [-0.2, -0.15) is 0 Å². The van der Waals surface area contributed by atoms with E-state index in [2.05, 4.69) is 5.32 Å². The van der Waals surface area contributed by atoms with Crippen molar-refractivity contribution in [2.45, 2.75) is 13.5 Å². The zero-order valence-electron chi connectivity index (χ0n) is 11.4. The molecule has 0 spiro atoms. The molecule has 1 N–H and O–H groups in total. The topological polar surface area (TPSA) is 38.3 Å². The SMILES string of the molecule is CC(=CC(=O)Oc1ccccc1)NCc1ccccc1. The molecule has 2 aromatic carbocycles. The van der Waals surface area contributed by atoms with Crippen LogP contribution in [-0.2, 0) is 11.3 Å². The molecule has 0 radical (unpaired) electrons. The molecule has 20 heavy (non-hydrogen) atoms. The summed E-state index contributed by atoms with van der Waals surface area (Å²) in [6.07, 6.45) is 1.45. The maximum atomic E-state index is 11.7. The van der Waals surface area contributed by atoms with E-state index in [1.165, 1.54) is 6.08 Å². The molecule has 0 atom stereocenters. The maximum Gasteiger partial charge on any atom is 0.337 e. The predicted molar refractivity (Wildman–Crippen MR) is 79.1 cm³/mol. The molecule has 0 saturated carbocycles. The number of allylic oxidation sites excluding steroid dienone is 1. The Labute approximate surface area is 118 Å². The van der Waals surface area contributed by atoms with Gasteiger partial charge in [0.15, 0.2) is 0 Å². The van der Waals surface area contributed by atoms with Gasteiger partial charge < -0.3 is 10.1 Å². The van der Waals surface area contributed by atoms with Gasteiger partial charge in [-0.3, -0.25) is 0 Å². The minimum atomic E-state index is -0.380. The van der Waals surface area contributed by atoms with Crippen LogP contribution in [0.2, 0.25) is 0 Å². The third kappa shape index (κ3) is 4.61. The number of ether oxygens (including phenoxy) is 1. The van der Waals surface area contributed by atoms with Crippen molar-refractivity contribution in [1.82, 2.24) is 5.32 Å². The minimum Gasteiger partial charge on any atom is -0.423 e. The highest BCUT2D eigenvalue weighted by molar-refractivity contribution is 5.84. The summed E-state index contributed by atoms with van der Waals surface area (Å²) < 4.78 is 5.18. The third-order valence-electron chi connectivity index (χ3n) is 2.71. The van der Waals surface area contributed by atoms with Crippen LogP contribution in [-0.4, -0.2) is 5.97 Å². The van der Waals surface area contributed by atoms with E-state index in [0.717, 1.165) is 11.3 Å². The summed E-state index contributed by atoms with van der Waals surface area (Å²) in [6.45, 7) is 2.52. The van der Waals surface area contributed by atoms with Crippen molar-refractivity contribution in [2.24, 2.45) is 0 Å². The Morgan fingerprint density at radius 2 is 1.65 bits per heavy atom. The molecular weight excluding hydrogens is 250 g/mol. The first-order valence-electron chi connectivity index (χ1n) is 6.47. The van der Waals surface area contributed by atoms with Crippen LogP contribution >= 0.6 is 0 Å². The van der Waals surface area contributed by atoms with Crippen molar-refractivity contribution < 1.29 is 9.53 Å². The average Bonchev–Trinajstić information content (AvgIpc) is 2.47. The van der Waals surface area contributed by atoms with Gasteiger partial charge in [0.2, 0.25) is 0 Å². The van der Waals surface area contributed by atoms with Crippen molar-refractivity contribution in [3.05, 3.63) is 78.0 Å². The molecule has 0 fully saturated rings. The number of hydrogen-bond acceptors (Lipinski definition) is 3. The highest BCUT2D eigenvalue weighted by Gasteiger charge is 2.01. The van der Waals surface area contributed by atoms with Crippen molar-refractivity contribution in [2.75, 3.05) is 0 Å². The van der Waals surface area contributed by atoms with Gasteiger partial charge in [0.1, 0.15) is 5.75 Å². The molecule has 0 heterocycles. The lowest BCUT2D eigenvalue weighted by atomic mass is 10.2. The number of esters is 1. The van der Waals surface area contributed by atoms with Crippen molar-refractivity contribution in [3.8, 4) is 5.75 Å². The summed E-state index contributed by atoms with van der Waals surface area (Å²) in [4.78, 5) is 11.7. The van der Waals surface area contributed by atoms with E-state index in [4.69, 9.17) is 4.74 Å². The first-order chi connectivity index (χ1) is 9.74. The Kier molecular flexibility index (Phi) is 4.95. The number of nitrogens with one attached hydrogen (secondary N) is 1. The summed E-state index contributed by atoms with van der Waals surface area (Å²) in [5.74, 6) is 0.166. The summed E-state index contributed by atoms with van der Waals surface area (Å²) >= 11 is 0. The Hall–Kier alpha value is -2.55. The third-order valence-corrected chi connectivity index (χ3v) is 2.71. The van der Waals surface area contributed by atoms with Crippen LogP contribution in [0.1, 0.15) is 12.5 Å². The molecule has 0 bridgehead atoms. The van der Waals surface area contributed by atoms with Crippen LogP contribution in [0.3, 0.4) is 0 Å². The number of hydrogen-bond donors (Lipinski definition) is 1. The van der Waals surface area contributed by atoms with E-state index < -0.39 is 0 Å². The fourth-order valence-corrected chi connectivity index (χ4v) is 1.70. The number of carbonyl (C=O) groups excluding carboxylic acids is 1. The quantitative estimate of drug-likeness (QED) is 0.513. The van der Waals surface area contributed by atoms with Crippen LogP contribution in [0, 0.1) is 0 Å². The highest BCUT2D eigenvalue weighted by Crippen LogP contribution is 2.09. The second-order valence-electron chi connectivity index (χ2n) is 4.40. The molecule has 0 aliphatic heterocycles. The normalized spacial score (nSPS) is 10.9. The van der Waals surface area contributed by atoms with Crippen LogP contribution in [0.5, 0.6) is 5.75 Å². The van der Waals surface area contributed by atoms with Gasteiger partial charge in [0, 0.05) is 18.3 Å². The van der Waals surface area contributed by atoms with Crippen LogP contribution in [0.4, 0.5) is 0 Å². The Morgan fingerprint density at radius 3 is 2.30 bits per heavy atom. The smallest absolute Gasteiger partial charge is 0.337 e. The fourth-order valence-electron chi connectivity index (χ4n) is 1.70. The molecule has 0 unspecified atom stereocenters. The summed E-state index contributed by atoms with van der Waals surface area (Å²) in [5, 5.41) is 3.18. The highest BCUT2D eigenvalue weighted by atomic mass is 16.5. The molecule has 0 aromatic heterocycles. The van der Waals surface area contributed by atoms with Crippen molar-refractivity contribution >= 4 is 5.97 Å². The van der Waals surface area contributed by atoms with E-state index in [1.807, 2.05) is 55.5 Å². The van der Waals surface area contributed by atoms with E-state index in [1.54, 1.807) is 12.1 Å². The first-order valence-corrected chi connectivity index (χ1v) is 6.47. The first kappa shape index (κ1) is 13.9. The molecule has 0 saturated heterocycles. The molecular formula is C17H17NO2. The molecule has 3 heteroatoms. The largest absolute Gasteiger partial charge is 0.423 e. The van der Waals surface area contributed by atoms with Gasteiger partial charge in [-0.25, -0.2) is 4.79 Å². The molecule has 2 aromatic rings. The van der Waals surface area contributed by atoms with Crippen LogP contribution < -0.4 is 10.1 Å². The molecule has 102 valence electrons. The Bertz CT molecular complexity index is 576. The lowest BCUT2D eigenvalue weighted by Gasteiger charge is -2.06. The summed E-state index contributed by atoms with van der Waals surface area (Å²) in [5.41, 5.74) is 1.94. The van der Waals surface area contributed by atoms with Gasteiger partial charge >= 0.3 is 5.97 Å². The lowest BCUT2D eigenvalue weighted by molar-refractivity contribution is -0.129. The molecule has 2 rings (SSSR count). The van der Waals surface area contributed by atoms with Gasteiger partial charge in [-0.15, -0.1) is 0 Å². The average molecular weight is 267 g/mol. The lowest BCUT2D eigenvalue weighted by Crippen LogP contribution is -2.14. The second-order valence-corrected chi connectivity index (χ2v) is 4.40. The van der Waals surface area contributed by atoms with Crippen LogP contribution in [0.15, 0.2) is 72.4 Å². The Morgan fingerprint density at radius 1 is 1.05 bits per heavy atom.